The molecule has 0 saturated heterocycles. The molecule has 0 heterocycles. The zero-order chi connectivity index (χ0) is 15.1. The Labute approximate surface area is 130 Å². The van der Waals surface area contributed by atoms with Gasteiger partial charge in [0.05, 0.1) is 5.60 Å². The van der Waals surface area contributed by atoms with Crippen LogP contribution in [0.4, 0.5) is 0 Å². The van der Waals surface area contributed by atoms with Gasteiger partial charge in [-0.3, -0.25) is 0 Å². The van der Waals surface area contributed by atoms with Crippen LogP contribution in [0, 0.1) is 0 Å². The Morgan fingerprint density at radius 3 is 2.10 bits per heavy atom. The zero-order valence-electron chi connectivity index (χ0n) is 14.0. The van der Waals surface area contributed by atoms with E-state index in [1.807, 2.05) is 7.11 Å². The Morgan fingerprint density at radius 1 is 1.05 bits per heavy atom. The molecule has 118 valence electrons. The van der Waals surface area contributed by atoms with Crippen LogP contribution in [0.1, 0.15) is 56.6 Å². The molecular weight excluding hydrogens is 258 g/mol. The molecule has 0 aliphatic heterocycles. The predicted octanol–water partition coefficient (Wildman–Crippen LogP) is 4.12. The quantitative estimate of drug-likeness (QED) is 0.795. The minimum atomic E-state index is 0.00861. The normalized spacial score (nSPS) is 20.0. The maximum atomic E-state index is 6.07. The Balaban J connectivity index is 2.12. The van der Waals surface area contributed by atoms with E-state index in [9.17, 15) is 0 Å². The number of aryl methyl sites for hydroxylation is 1. The average Bonchev–Trinajstić information content (AvgIpc) is 2.79. The van der Waals surface area contributed by atoms with Crippen LogP contribution in [-0.4, -0.2) is 25.8 Å². The Bertz CT molecular complexity index is 404. The van der Waals surface area contributed by atoms with Crippen molar-refractivity contribution in [2.24, 2.45) is 0 Å². The molecule has 2 rings (SSSR count). The number of hydrogen-bond donors (Lipinski definition) is 1. The maximum absolute atomic E-state index is 6.07. The monoisotopic (exact) mass is 289 g/mol. The van der Waals surface area contributed by atoms with E-state index >= 15 is 0 Å². The fourth-order valence-electron chi connectivity index (χ4n) is 3.72. The molecule has 0 amide bonds. The summed E-state index contributed by atoms with van der Waals surface area (Å²) in [6.07, 6.45) is 9.82. The molecule has 1 saturated carbocycles. The van der Waals surface area contributed by atoms with Crippen LogP contribution in [0.3, 0.4) is 0 Å². The van der Waals surface area contributed by atoms with Crippen LogP contribution >= 0.6 is 0 Å². The van der Waals surface area contributed by atoms with Gasteiger partial charge in [0.25, 0.3) is 0 Å². The topological polar surface area (TPSA) is 21.3 Å². The summed E-state index contributed by atoms with van der Waals surface area (Å²) in [7, 11) is 3.98. The van der Waals surface area contributed by atoms with Gasteiger partial charge >= 0.3 is 0 Å². The van der Waals surface area contributed by atoms with E-state index in [0.29, 0.717) is 6.04 Å². The Hall–Kier alpha value is -0.860. The number of benzene rings is 1. The fourth-order valence-corrected chi connectivity index (χ4v) is 3.72. The highest BCUT2D eigenvalue weighted by molar-refractivity contribution is 5.24. The minimum Gasteiger partial charge on any atom is -0.377 e. The summed E-state index contributed by atoms with van der Waals surface area (Å²) in [4.78, 5) is 0. The van der Waals surface area contributed by atoms with E-state index in [1.54, 1.807) is 0 Å². The summed E-state index contributed by atoms with van der Waals surface area (Å²) in [5.74, 6) is 0. The molecular formula is C19H31NO. The Kier molecular flexibility index (Phi) is 6.25. The average molecular weight is 289 g/mol. The first-order chi connectivity index (χ1) is 10.2. The smallest absolute Gasteiger partial charge is 0.0834 e. The van der Waals surface area contributed by atoms with Crippen LogP contribution < -0.4 is 5.32 Å². The summed E-state index contributed by atoms with van der Waals surface area (Å²) in [6, 6.07) is 9.48. The van der Waals surface area contributed by atoms with Crippen LogP contribution in [0.25, 0.3) is 0 Å². The van der Waals surface area contributed by atoms with Crippen molar-refractivity contribution in [1.29, 1.82) is 0 Å². The molecule has 0 bridgehead atoms. The van der Waals surface area contributed by atoms with Crippen molar-refractivity contribution >= 4 is 0 Å². The van der Waals surface area contributed by atoms with Gasteiger partial charge in [-0.15, -0.1) is 0 Å². The molecule has 1 fully saturated rings. The second-order valence-corrected chi connectivity index (χ2v) is 6.40. The van der Waals surface area contributed by atoms with Crippen LogP contribution in [-0.2, 0) is 17.6 Å². The third kappa shape index (κ3) is 4.08. The lowest BCUT2D eigenvalue weighted by Crippen LogP contribution is -2.52. The summed E-state index contributed by atoms with van der Waals surface area (Å²) < 4.78 is 6.07. The molecule has 1 aliphatic rings. The Morgan fingerprint density at radius 2 is 1.62 bits per heavy atom. The SMILES string of the molecule is CCc1ccc(CC(NC)C2(OC)CCCCCC2)cc1. The number of hydrogen-bond acceptors (Lipinski definition) is 2. The van der Waals surface area contributed by atoms with Crippen molar-refractivity contribution in [2.45, 2.75) is 69.9 Å². The lowest BCUT2D eigenvalue weighted by molar-refractivity contribution is -0.0509. The first-order valence-corrected chi connectivity index (χ1v) is 8.54. The van der Waals surface area contributed by atoms with E-state index in [4.69, 9.17) is 4.74 Å². The molecule has 0 spiro atoms. The maximum Gasteiger partial charge on any atom is 0.0834 e. The second-order valence-electron chi connectivity index (χ2n) is 6.40. The second kappa shape index (κ2) is 7.95. The number of ether oxygens (including phenoxy) is 1. The summed E-state index contributed by atoms with van der Waals surface area (Å²) in [5.41, 5.74) is 2.83. The molecule has 1 aromatic rings. The van der Waals surface area contributed by atoms with Gasteiger partial charge in [-0.25, -0.2) is 0 Å². The van der Waals surface area contributed by atoms with Crippen molar-refractivity contribution in [1.82, 2.24) is 5.32 Å². The highest BCUT2D eigenvalue weighted by Crippen LogP contribution is 2.34. The molecule has 2 nitrogen and oxygen atoms in total. The molecule has 0 radical (unpaired) electrons. The third-order valence-electron chi connectivity index (χ3n) is 5.21. The van der Waals surface area contributed by atoms with Crippen LogP contribution in [0.15, 0.2) is 24.3 Å². The lowest BCUT2D eigenvalue weighted by Gasteiger charge is -2.39. The van der Waals surface area contributed by atoms with Crippen LogP contribution in [0.2, 0.25) is 0 Å². The minimum absolute atomic E-state index is 0.00861. The van der Waals surface area contributed by atoms with E-state index in [1.165, 1.54) is 49.7 Å². The molecule has 1 atom stereocenters. The fraction of sp³-hybridized carbons (Fsp3) is 0.684. The predicted molar refractivity (Wildman–Crippen MR) is 89.8 cm³/mol. The van der Waals surface area contributed by atoms with Gasteiger partial charge in [0.2, 0.25) is 0 Å². The van der Waals surface area contributed by atoms with E-state index in [2.05, 4.69) is 43.6 Å². The van der Waals surface area contributed by atoms with E-state index in [0.717, 1.165) is 12.8 Å². The zero-order valence-corrected chi connectivity index (χ0v) is 14.0. The molecule has 2 heteroatoms. The van der Waals surface area contributed by atoms with Crippen molar-refractivity contribution in [3.63, 3.8) is 0 Å². The molecule has 1 aromatic carbocycles. The van der Waals surface area contributed by atoms with Gasteiger partial charge in [0, 0.05) is 13.2 Å². The van der Waals surface area contributed by atoms with E-state index in [-0.39, 0.29) is 5.60 Å². The van der Waals surface area contributed by atoms with Gasteiger partial charge in [0.1, 0.15) is 0 Å². The highest BCUT2D eigenvalue weighted by Gasteiger charge is 2.38. The van der Waals surface area contributed by atoms with Crippen LogP contribution in [0.5, 0.6) is 0 Å². The van der Waals surface area contributed by atoms with Crippen molar-refractivity contribution in [3.05, 3.63) is 35.4 Å². The van der Waals surface area contributed by atoms with Gasteiger partial charge < -0.3 is 10.1 Å². The largest absolute Gasteiger partial charge is 0.377 e. The van der Waals surface area contributed by atoms with Gasteiger partial charge in [-0.1, -0.05) is 56.9 Å². The summed E-state index contributed by atoms with van der Waals surface area (Å²) in [5, 5.41) is 3.54. The third-order valence-corrected chi connectivity index (χ3v) is 5.21. The highest BCUT2D eigenvalue weighted by atomic mass is 16.5. The standard InChI is InChI=1S/C19H31NO/c1-4-16-9-11-17(12-10-16)15-18(20-2)19(21-3)13-7-5-6-8-14-19/h9-12,18,20H,4-8,13-15H2,1-3H3. The summed E-state index contributed by atoms with van der Waals surface area (Å²) in [6.45, 7) is 2.21. The summed E-state index contributed by atoms with van der Waals surface area (Å²) >= 11 is 0. The number of methoxy groups -OCH3 is 1. The molecule has 0 aromatic heterocycles. The first-order valence-electron chi connectivity index (χ1n) is 8.54. The molecule has 21 heavy (non-hydrogen) atoms. The van der Waals surface area contributed by atoms with Gasteiger partial charge in [-0.05, 0) is 43.9 Å². The molecule has 1 N–H and O–H groups in total. The van der Waals surface area contributed by atoms with Crippen molar-refractivity contribution < 1.29 is 4.74 Å². The molecule has 1 aliphatic carbocycles. The first kappa shape index (κ1) is 16.5. The van der Waals surface area contributed by atoms with Crippen molar-refractivity contribution in [3.8, 4) is 0 Å². The van der Waals surface area contributed by atoms with Gasteiger partial charge in [-0.2, -0.15) is 0 Å². The number of likely N-dealkylation sites (N-methyl/N-ethyl adjacent to an activating group) is 1. The number of rotatable bonds is 6. The van der Waals surface area contributed by atoms with Crippen molar-refractivity contribution in [2.75, 3.05) is 14.2 Å². The van der Waals surface area contributed by atoms with E-state index < -0.39 is 0 Å². The lowest BCUT2D eigenvalue weighted by atomic mass is 9.82. The number of nitrogens with one attached hydrogen (secondary N) is 1. The van der Waals surface area contributed by atoms with Gasteiger partial charge in [0.15, 0.2) is 0 Å². The molecule has 1 unspecified atom stereocenters.